The Morgan fingerprint density at radius 3 is 2.08 bits per heavy atom. The van der Waals surface area contributed by atoms with Crippen molar-refractivity contribution in [3.63, 3.8) is 0 Å². The van der Waals surface area contributed by atoms with E-state index < -0.39 is 41.7 Å². The van der Waals surface area contributed by atoms with Gasteiger partial charge in [-0.25, -0.2) is 0 Å². The third-order valence-corrected chi connectivity index (χ3v) is 11.1. The lowest BCUT2D eigenvalue weighted by Crippen LogP contribution is -2.54. The Morgan fingerprint density at radius 1 is 0.980 bits per heavy atom. The number of ketones is 2. The van der Waals surface area contributed by atoms with Gasteiger partial charge in [0.1, 0.15) is 5.78 Å². The van der Waals surface area contributed by atoms with E-state index in [4.69, 9.17) is 15.2 Å². The minimum absolute atomic E-state index is 0.0152. The van der Waals surface area contributed by atoms with Crippen LogP contribution < -0.4 is 5.73 Å². The molecule has 0 aromatic heterocycles. The van der Waals surface area contributed by atoms with Gasteiger partial charge in [-0.05, 0) is 50.0 Å². The van der Waals surface area contributed by atoms with Gasteiger partial charge in [-0.2, -0.15) is 0 Å². The second kappa shape index (κ2) is 19.8. The summed E-state index contributed by atoms with van der Waals surface area (Å²) >= 11 is 0. The molecule has 1 aromatic carbocycles. The Bertz CT molecular complexity index is 1230. The molecule has 50 heavy (non-hydrogen) atoms. The molecule has 284 valence electrons. The fourth-order valence-electron chi connectivity index (χ4n) is 7.67. The summed E-state index contributed by atoms with van der Waals surface area (Å²) in [7, 11) is 4.93. The number of likely N-dealkylation sites (N-methyl/N-ethyl adjacent to an activating group) is 1. The molecule has 1 aliphatic rings. The molecule has 0 aliphatic carbocycles. The molecular formula is C40H67N3O7. The Morgan fingerprint density at radius 2 is 1.58 bits per heavy atom. The second-order valence-corrected chi connectivity index (χ2v) is 15.5. The highest BCUT2D eigenvalue weighted by Crippen LogP contribution is 2.33. The maximum absolute atomic E-state index is 14.2. The van der Waals surface area contributed by atoms with Gasteiger partial charge in [0, 0.05) is 52.5 Å². The van der Waals surface area contributed by atoms with Crippen LogP contribution in [0, 0.1) is 29.6 Å². The fraction of sp³-hybridized carbons (Fsp3) is 0.750. The van der Waals surface area contributed by atoms with Crippen LogP contribution in [0.3, 0.4) is 0 Å². The van der Waals surface area contributed by atoms with E-state index in [1.807, 2.05) is 62.9 Å². The number of amides is 2. The van der Waals surface area contributed by atoms with Crippen LogP contribution in [0.25, 0.3) is 0 Å². The number of nitrogens with two attached hydrogens (primary N) is 1. The molecule has 2 rings (SSSR count). The number of ether oxygens (including phenoxy) is 2. The molecule has 1 saturated heterocycles. The predicted molar refractivity (Wildman–Crippen MR) is 197 cm³/mol. The highest BCUT2D eigenvalue weighted by molar-refractivity contribution is 5.92. The molecule has 1 aromatic rings. The lowest BCUT2D eigenvalue weighted by atomic mass is 9.82. The van der Waals surface area contributed by atoms with Gasteiger partial charge >= 0.3 is 0 Å². The molecular weight excluding hydrogens is 634 g/mol. The van der Waals surface area contributed by atoms with E-state index in [1.54, 1.807) is 40.0 Å². The maximum Gasteiger partial charge on any atom is 0.226 e. The minimum atomic E-state index is -1.04. The predicted octanol–water partition coefficient (Wildman–Crippen LogP) is 5.59. The average molecular weight is 702 g/mol. The maximum atomic E-state index is 14.2. The molecule has 3 N–H and O–H groups in total. The summed E-state index contributed by atoms with van der Waals surface area (Å²) < 4.78 is 12.0. The van der Waals surface area contributed by atoms with Crippen molar-refractivity contribution in [1.29, 1.82) is 0 Å². The number of carbonyl (C=O) groups is 4. The van der Waals surface area contributed by atoms with Gasteiger partial charge < -0.3 is 30.1 Å². The lowest BCUT2D eigenvalue weighted by molar-refractivity contribution is -0.149. The van der Waals surface area contributed by atoms with Crippen LogP contribution in [0.1, 0.15) is 112 Å². The third kappa shape index (κ3) is 11.2. The van der Waals surface area contributed by atoms with Crippen molar-refractivity contribution in [3.8, 4) is 0 Å². The summed E-state index contributed by atoms with van der Waals surface area (Å²) in [4.78, 5) is 58.3. The molecule has 0 bridgehead atoms. The van der Waals surface area contributed by atoms with Crippen LogP contribution in [0.4, 0.5) is 0 Å². The van der Waals surface area contributed by atoms with Crippen LogP contribution in [0.2, 0.25) is 0 Å². The number of hydrogen-bond acceptors (Lipinski definition) is 8. The molecule has 1 heterocycles. The number of carbonyl (C=O) groups excluding carboxylic acids is 4. The standard InChI is InChI=1S/C40H67N3O7/c1-12-28(13-2)36(42(9)39(48)30(25(3)4)23-34(45)40(7,8)41)33(49-10)24-35(46)43-21-17-20-31(43)38(50-11)27(6)32(44)22-26(5)37(47)29-18-15-14-16-19-29/h14-16,18-19,25-28,30-31,33,36-38,47H,12-13,17,20-24,41H2,1-11H3/t26-,27-,30-,31-,33+,36-,37+,38+/m0/s1. The Labute approximate surface area is 301 Å². The van der Waals surface area contributed by atoms with Crippen molar-refractivity contribution in [2.24, 2.45) is 35.3 Å². The molecule has 10 nitrogen and oxygen atoms in total. The summed E-state index contributed by atoms with van der Waals surface area (Å²) in [5.41, 5.74) is 5.83. The molecule has 0 saturated carbocycles. The van der Waals surface area contributed by atoms with Gasteiger partial charge in [-0.15, -0.1) is 0 Å². The number of likely N-dealkylation sites (tertiary alicyclic amines) is 1. The zero-order valence-corrected chi connectivity index (χ0v) is 32.7. The number of Topliss-reactive ketones (excluding diaryl/α,β-unsaturated/α-hetero) is 2. The topological polar surface area (TPSA) is 139 Å². The van der Waals surface area contributed by atoms with Crippen LogP contribution >= 0.6 is 0 Å². The SMILES string of the molecule is CCC(CC)[C@@H]([C@@H](CC(=O)N1CCC[C@H]1[C@H](OC)[C@@H](C)C(=O)C[C@H](C)[C@@H](O)c1ccccc1)OC)N(C)C(=O)[C@@H](CC(=O)C(C)(C)N)C(C)C. The molecule has 1 aliphatic heterocycles. The summed E-state index contributed by atoms with van der Waals surface area (Å²) in [6.07, 6.45) is 1.49. The molecule has 8 atom stereocenters. The van der Waals surface area contributed by atoms with Crippen molar-refractivity contribution >= 4 is 23.4 Å². The Kier molecular flexibility index (Phi) is 17.2. The smallest absolute Gasteiger partial charge is 0.226 e. The second-order valence-electron chi connectivity index (χ2n) is 15.5. The van der Waals surface area contributed by atoms with Gasteiger partial charge in [0.15, 0.2) is 5.78 Å². The molecule has 0 radical (unpaired) electrons. The normalized spacial score (nSPS) is 19.5. The van der Waals surface area contributed by atoms with Gasteiger partial charge in [0.25, 0.3) is 0 Å². The van der Waals surface area contributed by atoms with Crippen LogP contribution in [-0.2, 0) is 28.7 Å². The van der Waals surface area contributed by atoms with Crippen molar-refractivity contribution in [1.82, 2.24) is 9.80 Å². The summed E-state index contributed by atoms with van der Waals surface area (Å²) in [5, 5.41) is 10.9. The van der Waals surface area contributed by atoms with Crippen molar-refractivity contribution in [2.45, 2.75) is 136 Å². The van der Waals surface area contributed by atoms with Crippen molar-refractivity contribution in [2.75, 3.05) is 27.8 Å². The highest BCUT2D eigenvalue weighted by atomic mass is 16.5. The molecule has 2 amide bonds. The number of benzene rings is 1. The van der Waals surface area contributed by atoms with Gasteiger partial charge in [0.05, 0.1) is 42.4 Å². The molecule has 0 unspecified atom stereocenters. The van der Waals surface area contributed by atoms with E-state index in [-0.39, 0.29) is 66.4 Å². The van der Waals surface area contributed by atoms with Gasteiger partial charge in [-0.3, -0.25) is 19.2 Å². The summed E-state index contributed by atoms with van der Waals surface area (Å²) in [6.45, 7) is 15.6. The zero-order valence-electron chi connectivity index (χ0n) is 32.7. The fourth-order valence-corrected chi connectivity index (χ4v) is 7.67. The number of aliphatic hydroxyl groups is 1. The van der Waals surface area contributed by atoms with Crippen LogP contribution in [0.15, 0.2) is 30.3 Å². The Balaban J connectivity index is 2.27. The van der Waals surface area contributed by atoms with Crippen molar-refractivity contribution < 1.29 is 33.8 Å². The monoisotopic (exact) mass is 701 g/mol. The molecule has 1 fully saturated rings. The first-order chi connectivity index (χ1) is 23.4. The van der Waals surface area contributed by atoms with E-state index in [0.717, 1.165) is 24.8 Å². The summed E-state index contributed by atoms with van der Waals surface area (Å²) in [6, 6.07) is 8.65. The quantitative estimate of drug-likeness (QED) is 0.169. The summed E-state index contributed by atoms with van der Waals surface area (Å²) in [5.74, 6) is -1.80. The number of nitrogens with zero attached hydrogens (tertiary/aromatic N) is 2. The molecule has 0 spiro atoms. The Hall–Kier alpha value is -2.66. The first-order valence-electron chi connectivity index (χ1n) is 18.6. The molecule has 10 heteroatoms. The van der Waals surface area contributed by atoms with E-state index in [9.17, 15) is 24.3 Å². The third-order valence-electron chi connectivity index (χ3n) is 11.1. The van der Waals surface area contributed by atoms with Crippen LogP contribution in [0.5, 0.6) is 0 Å². The first kappa shape index (κ1) is 43.5. The van der Waals surface area contributed by atoms with Crippen LogP contribution in [-0.4, -0.2) is 95.9 Å². The number of hydrogen-bond donors (Lipinski definition) is 2. The van der Waals surface area contributed by atoms with Crippen molar-refractivity contribution in [3.05, 3.63) is 35.9 Å². The lowest BCUT2D eigenvalue weighted by Gasteiger charge is -2.41. The number of aliphatic hydroxyl groups excluding tert-OH is 1. The van der Waals surface area contributed by atoms with E-state index in [0.29, 0.717) is 13.0 Å². The number of methoxy groups -OCH3 is 2. The van der Waals surface area contributed by atoms with Gasteiger partial charge in [-0.1, -0.05) is 84.7 Å². The zero-order chi connectivity index (χ0) is 37.9. The van der Waals surface area contributed by atoms with E-state index in [1.165, 1.54) is 0 Å². The minimum Gasteiger partial charge on any atom is -0.388 e. The van der Waals surface area contributed by atoms with E-state index >= 15 is 0 Å². The highest BCUT2D eigenvalue weighted by Gasteiger charge is 2.43. The largest absolute Gasteiger partial charge is 0.388 e. The van der Waals surface area contributed by atoms with E-state index in [2.05, 4.69) is 13.8 Å². The first-order valence-corrected chi connectivity index (χ1v) is 18.6. The number of rotatable bonds is 21. The van der Waals surface area contributed by atoms with Gasteiger partial charge in [0.2, 0.25) is 11.8 Å². The average Bonchev–Trinajstić information content (AvgIpc) is 3.57.